The maximum atomic E-state index is 8.71. The number of aromatic nitrogens is 4. The number of hydrogen-bond donors (Lipinski definition) is 2. The van der Waals surface area contributed by atoms with Gasteiger partial charge in [0.05, 0.1) is 25.3 Å². The first kappa shape index (κ1) is 21.4. The fourth-order valence-electron chi connectivity index (χ4n) is 2.12. The number of nitrogens with zero attached hydrogens (tertiary/aromatic N) is 4. The van der Waals surface area contributed by atoms with Crippen LogP contribution < -0.4 is 5.32 Å². The maximum Gasteiger partial charge on any atom is 0.237 e. The number of fused-ring (bicyclic) bond motifs is 1. The van der Waals surface area contributed by atoms with Gasteiger partial charge in [0.15, 0.2) is 0 Å². The molecule has 0 radical (unpaired) electrons. The third-order valence-corrected chi connectivity index (χ3v) is 3.39. The van der Waals surface area contributed by atoms with Gasteiger partial charge in [-0.15, -0.1) is 24.8 Å². The summed E-state index contributed by atoms with van der Waals surface area (Å²) in [7, 11) is 0. The molecule has 3 aromatic rings. The van der Waals surface area contributed by atoms with Crippen LogP contribution in [0.15, 0.2) is 36.9 Å². The Balaban J connectivity index is 0.00000156. The summed E-state index contributed by atoms with van der Waals surface area (Å²) in [6.45, 7) is 1.35. The van der Waals surface area contributed by atoms with Crippen molar-refractivity contribution >= 4 is 53.1 Å². The Morgan fingerprint density at radius 1 is 1.20 bits per heavy atom. The zero-order valence-corrected chi connectivity index (χ0v) is 15.5. The van der Waals surface area contributed by atoms with E-state index in [0.29, 0.717) is 36.5 Å². The van der Waals surface area contributed by atoms with E-state index >= 15 is 0 Å². The second kappa shape index (κ2) is 10.4. The number of rotatable bonds is 7. The molecule has 2 aromatic heterocycles. The minimum Gasteiger partial charge on any atom is -0.394 e. The molecule has 3 rings (SSSR count). The topological polar surface area (TPSA) is 85.1 Å². The van der Waals surface area contributed by atoms with Gasteiger partial charge in [-0.3, -0.25) is 4.57 Å². The highest BCUT2D eigenvalue weighted by Gasteiger charge is 2.09. The fraction of sp³-hybridized carbons (Fsp3) is 0.267. The predicted octanol–water partition coefficient (Wildman–Crippen LogP) is 2.73. The lowest BCUT2D eigenvalue weighted by molar-refractivity contribution is 0.0992. The van der Waals surface area contributed by atoms with E-state index in [1.807, 2.05) is 12.1 Å². The standard InChI is InChI=1S/C15H16ClN5O2.2ClH/c16-11-1-2-13-12(9-11)14(18-4-7-23-8-6-22)20-15(19-13)21-5-3-17-10-21;;/h1-3,5,9-10,22H,4,6-8H2,(H,18,19,20);2*1H. The lowest BCUT2D eigenvalue weighted by atomic mass is 10.2. The van der Waals surface area contributed by atoms with Crippen LogP contribution in [-0.4, -0.2) is 51.0 Å². The maximum absolute atomic E-state index is 8.71. The third kappa shape index (κ3) is 5.42. The van der Waals surface area contributed by atoms with E-state index in [9.17, 15) is 0 Å². The number of aliphatic hydroxyl groups excluding tert-OH is 1. The van der Waals surface area contributed by atoms with Gasteiger partial charge in [-0.1, -0.05) is 11.6 Å². The van der Waals surface area contributed by atoms with Gasteiger partial charge in [0.2, 0.25) is 5.95 Å². The highest BCUT2D eigenvalue weighted by Crippen LogP contribution is 2.24. The molecular weight excluding hydrogens is 389 g/mol. The lowest BCUT2D eigenvalue weighted by Crippen LogP contribution is -2.13. The average molecular weight is 407 g/mol. The van der Waals surface area contributed by atoms with E-state index in [1.54, 1.807) is 29.4 Å². The molecule has 2 heterocycles. The molecule has 0 amide bonds. The van der Waals surface area contributed by atoms with Crippen molar-refractivity contribution in [3.8, 4) is 5.95 Å². The van der Waals surface area contributed by atoms with Gasteiger partial charge >= 0.3 is 0 Å². The van der Waals surface area contributed by atoms with Crippen LogP contribution in [0.2, 0.25) is 5.02 Å². The summed E-state index contributed by atoms with van der Waals surface area (Å²) >= 11 is 6.08. The normalized spacial score (nSPS) is 10.2. The molecule has 0 unspecified atom stereocenters. The summed E-state index contributed by atoms with van der Waals surface area (Å²) in [5.41, 5.74) is 0.784. The fourth-order valence-corrected chi connectivity index (χ4v) is 2.30. The van der Waals surface area contributed by atoms with Crippen LogP contribution in [-0.2, 0) is 4.74 Å². The Hall–Kier alpha value is -1.64. The van der Waals surface area contributed by atoms with Crippen LogP contribution in [0, 0.1) is 0 Å². The summed E-state index contributed by atoms with van der Waals surface area (Å²) in [5, 5.41) is 13.4. The number of benzene rings is 1. The van der Waals surface area contributed by atoms with Gasteiger partial charge in [0.25, 0.3) is 0 Å². The predicted molar refractivity (Wildman–Crippen MR) is 103 cm³/mol. The quantitative estimate of drug-likeness (QED) is 0.587. The Morgan fingerprint density at radius 2 is 2.04 bits per heavy atom. The van der Waals surface area contributed by atoms with Crippen molar-refractivity contribution in [2.45, 2.75) is 0 Å². The van der Waals surface area contributed by atoms with Crippen molar-refractivity contribution in [3.63, 3.8) is 0 Å². The molecule has 0 fully saturated rings. The van der Waals surface area contributed by atoms with Gasteiger partial charge in [-0.2, -0.15) is 4.98 Å². The molecule has 0 aliphatic rings. The monoisotopic (exact) mass is 405 g/mol. The van der Waals surface area contributed by atoms with Gasteiger partial charge in [-0.05, 0) is 18.2 Å². The van der Waals surface area contributed by atoms with E-state index in [1.165, 1.54) is 0 Å². The van der Waals surface area contributed by atoms with Crippen molar-refractivity contribution in [3.05, 3.63) is 41.9 Å². The lowest BCUT2D eigenvalue weighted by Gasteiger charge is -2.11. The third-order valence-electron chi connectivity index (χ3n) is 3.16. The van der Waals surface area contributed by atoms with Crippen molar-refractivity contribution in [1.29, 1.82) is 0 Å². The van der Waals surface area contributed by atoms with Crippen LogP contribution >= 0.6 is 36.4 Å². The molecular formula is C15H18Cl3N5O2. The number of nitrogens with one attached hydrogen (secondary N) is 1. The molecule has 0 aliphatic heterocycles. The summed E-state index contributed by atoms with van der Waals surface area (Å²) in [6.07, 6.45) is 5.10. The van der Waals surface area contributed by atoms with Crippen LogP contribution in [0.3, 0.4) is 0 Å². The highest BCUT2D eigenvalue weighted by molar-refractivity contribution is 6.31. The summed E-state index contributed by atoms with van der Waals surface area (Å²) in [5.74, 6) is 1.20. The molecule has 0 saturated heterocycles. The van der Waals surface area contributed by atoms with Gasteiger partial charge in [0.1, 0.15) is 12.1 Å². The number of anilines is 1. The number of imidazole rings is 1. The van der Waals surface area contributed by atoms with Crippen LogP contribution in [0.4, 0.5) is 5.82 Å². The number of halogens is 3. The molecule has 25 heavy (non-hydrogen) atoms. The number of hydrogen-bond acceptors (Lipinski definition) is 6. The Morgan fingerprint density at radius 3 is 2.76 bits per heavy atom. The van der Waals surface area contributed by atoms with Gasteiger partial charge in [-0.25, -0.2) is 9.97 Å². The second-order valence-electron chi connectivity index (χ2n) is 4.77. The molecule has 0 spiro atoms. The van der Waals surface area contributed by atoms with Crippen molar-refractivity contribution < 1.29 is 9.84 Å². The number of ether oxygens (including phenoxy) is 1. The molecule has 0 atom stereocenters. The SMILES string of the molecule is Cl.Cl.OCCOCCNc1nc(-n2ccnc2)nc2ccc(Cl)cc12. The minimum absolute atomic E-state index is 0. The van der Waals surface area contributed by atoms with Crippen molar-refractivity contribution in [2.75, 3.05) is 31.7 Å². The average Bonchev–Trinajstić information content (AvgIpc) is 3.09. The van der Waals surface area contributed by atoms with Crippen LogP contribution in [0.5, 0.6) is 0 Å². The van der Waals surface area contributed by atoms with Crippen LogP contribution in [0.25, 0.3) is 16.9 Å². The highest BCUT2D eigenvalue weighted by atomic mass is 35.5. The van der Waals surface area contributed by atoms with Crippen molar-refractivity contribution in [1.82, 2.24) is 19.5 Å². The molecule has 0 aliphatic carbocycles. The van der Waals surface area contributed by atoms with E-state index < -0.39 is 0 Å². The Labute approximate surface area is 162 Å². The summed E-state index contributed by atoms with van der Waals surface area (Å²) in [4.78, 5) is 13.1. The minimum atomic E-state index is 0. The molecule has 0 bridgehead atoms. The molecule has 136 valence electrons. The smallest absolute Gasteiger partial charge is 0.237 e. The number of aliphatic hydroxyl groups is 1. The first-order valence-corrected chi connectivity index (χ1v) is 7.54. The van der Waals surface area contributed by atoms with Crippen LogP contribution in [0.1, 0.15) is 0 Å². The van der Waals surface area contributed by atoms with E-state index in [0.717, 1.165) is 10.9 Å². The van der Waals surface area contributed by atoms with E-state index in [-0.39, 0.29) is 31.4 Å². The second-order valence-corrected chi connectivity index (χ2v) is 5.20. The first-order valence-electron chi connectivity index (χ1n) is 7.16. The van der Waals surface area contributed by atoms with Crippen molar-refractivity contribution in [2.24, 2.45) is 0 Å². The largest absolute Gasteiger partial charge is 0.394 e. The molecule has 1 aromatic carbocycles. The molecule has 2 N–H and O–H groups in total. The van der Waals surface area contributed by atoms with Gasteiger partial charge in [0, 0.05) is 29.3 Å². The zero-order valence-electron chi connectivity index (χ0n) is 13.1. The molecule has 10 heteroatoms. The Kier molecular flexibility index (Phi) is 8.88. The van der Waals surface area contributed by atoms with Gasteiger partial charge < -0.3 is 15.2 Å². The summed E-state index contributed by atoms with van der Waals surface area (Å²) < 4.78 is 6.98. The molecule has 7 nitrogen and oxygen atoms in total. The summed E-state index contributed by atoms with van der Waals surface area (Å²) in [6, 6.07) is 5.47. The van der Waals surface area contributed by atoms with E-state index in [2.05, 4.69) is 20.3 Å². The van der Waals surface area contributed by atoms with E-state index in [4.69, 9.17) is 21.4 Å². The molecule has 0 saturated carbocycles. The zero-order chi connectivity index (χ0) is 16.1. The first-order chi connectivity index (χ1) is 11.3. The Bertz CT molecular complexity index is 786.